The Kier molecular flexibility index (Phi) is 6.29. The molecule has 4 rings (SSSR count). The molecular weight excluding hydrogens is 390 g/mol. The van der Waals surface area contributed by atoms with E-state index in [-0.39, 0.29) is 18.6 Å². The Bertz CT molecular complexity index is 1020. The second-order valence-corrected chi connectivity index (χ2v) is 7.67. The Balaban J connectivity index is 1.41. The first-order valence-electron chi connectivity index (χ1n) is 10.3. The van der Waals surface area contributed by atoms with Crippen LogP contribution in [0.1, 0.15) is 35.1 Å². The fourth-order valence-corrected chi connectivity index (χ4v) is 3.45. The second-order valence-electron chi connectivity index (χ2n) is 7.67. The lowest BCUT2D eigenvalue weighted by atomic mass is 10.1. The van der Waals surface area contributed by atoms with Crippen LogP contribution < -0.4 is 16.4 Å². The molecule has 3 unspecified atom stereocenters. The molecule has 158 valence electrons. The number of anilines is 1. The number of benzene rings is 3. The van der Waals surface area contributed by atoms with Gasteiger partial charge in [-0.1, -0.05) is 72.8 Å². The summed E-state index contributed by atoms with van der Waals surface area (Å²) >= 11 is 0. The minimum Gasteiger partial charge on any atom is -0.445 e. The van der Waals surface area contributed by atoms with Gasteiger partial charge in [0.2, 0.25) is 0 Å². The molecule has 0 bridgehead atoms. The van der Waals surface area contributed by atoms with E-state index in [1.165, 1.54) is 5.56 Å². The summed E-state index contributed by atoms with van der Waals surface area (Å²) in [5.41, 5.74) is 9.27. The number of rotatable bonds is 7. The molecule has 6 heteroatoms. The number of amides is 2. The van der Waals surface area contributed by atoms with E-state index in [2.05, 4.69) is 10.6 Å². The second kappa shape index (κ2) is 9.45. The highest BCUT2D eigenvalue weighted by Gasteiger charge is 2.34. The molecular formula is C25H25N3O3. The number of hydrogen-bond donors (Lipinski definition) is 3. The summed E-state index contributed by atoms with van der Waals surface area (Å²) in [7, 11) is 0. The summed E-state index contributed by atoms with van der Waals surface area (Å²) in [6.07, 6.45) is 0.336. The molecule has 1 aliphatic rings. The third-order valence-electron chi connectivity index (χ3n) is 5.32. The van der Waals surface area contributed by atoms with Gasteiger partial charge in [0.1, 0.15) is 12.6 Å². The maximum absolute atomic E-state index is 13.0. The molecule has 6 nitrogen and oxygen atoms in total. The van der Waals surface area contributed by atoms with Gasteiger partial charge < -0.3 is 21.1 Å². The minimum atomic E-state index is -0.888. The average molecular weight is 415 g/mol. The zero-order valence-corrected chi connectivity index (χ0v) is 17.0. The zero-order chi connectivity index (χ0) is 21.6. The Morgan fingerprint density at radius 2 is 1.55 bits per heavy atom. The molecule has 0 aliphatic heterocycles. The number of nitrogens with two attached hydrogens (primary N) is 1. The molecule has 0 saturated heterocycles. The molecule has 31 heavy (non-hydrogen) atoms. The highest BCUT2D eigenvalue weighted by atomic mass is 16.5. The van der Waals surface area contributed by atoms with Gasteiger partial charge in [0.15, 0.2) is 0 Å². The number of nitrogens with one attached hydrogen (secondary N) is 2. The average Bonchev–Trinajstić information content (AvgIpc) is 3.54. The lowest BCUT2D eigenvalue weighted by Crippen LogP contribution is -2.37. The molecule has 3 aromatic carbocycles. The molecule has 0 radical (unpaired) electrons. The van der Waals surface area contributed by atoms with E-state index in [1.807, 2.05) is 72.8 Å². The van der Waals surface area contributed by atoms with Crippen LogP contribution in [0.4, 0.5) is 10.5 Å². The van der Waals surface area contributed by atoms with Crippen molar-refractivity contribution in [1.29, 1.82) is 0 Å². The van der Waals surface area contributed by atoms with Crippen LogP contribution in [0.2, 0.25) is 0 Å². The molecule has 1 saturated carbocycles. The van der Waals surface area contributed by atoms with Gasteiger partial charge in [-0.15, -0.1) is 0 Å². The van der Waals surface area contributed by atoms with Gasteiger partial charge in [-0.3, -0.25) is 4.79 Å². The summed E-state index contributed by atoms with van der Waals surface area (Å²) in [4.78, 5) is 25.4. The molecule has 0 heterocycles. The maximum Gasteiger partial charge on any atom is 0.408 e. The molecule has 1 aliphatic carbocycles. The van der Waals surface area contributed by atoms with Crippen LogP contribution in [0.5, 0.6) is 0 Å². The van der Waals surface area contributed by atoms with Crippen LogP contribution in [0.15, 0.2) is 84.9 Å². The largest absolute Gasteiger partial charge is 0.445 e. The van der Waals surface area contributed by atoms with E-state index in [0.29, 0.717) is 17.2 Å². The molecule has 4 N–H and O–H groups in total. The van der Waals surface area contributed by atoms with Gasteiger partial charge in [0.25, 0.3) is 5.91 Å². The highest BCUT2D eigenvalue weighted by molar-refractivity contribution is 5.97. The van der Waals surface area contributed by atoms with E-state index in [1.54, 1.807) is 12.1 Å². The number of ether oxygens (including phenoxy) is 1. The van der Waals surface area contributed by atoms with E-state index in [9.17, 15) is 9.59 Å². The third kappa shape index (κ3) is 5.49. The summed E-state index contributed by atoms with van der Waals surface area (Å²) in [6, 6.07) is 25.5. The van der Waals surface area contributed by atoms with Crippen molar-refractivity contribution >= 4 is 17.7 Å². The van der Waals surface area contributed by atoms with E-state index >= 15 is 0 Å². The summed E-state index contributed by atoms with van der Waals surface area (Å²) in [5, 5.41) is 5.56. The van der Waals surface area contributed by atoms with Gasteiger partial charge in [-0.05, 0) is 35.2 Å². The van der Waals surface area contributed by atoms with Crippen LogP contribution in [0.25, 0.3) is 0 Å². The summed E-state index contributed by atoms with van der Waals surface area (Å²) < 4.78 is 5.30. The lowest BCUT2D eigenvalue weighted by Gasteiger charge is -2.19. The van der Waals surface area contributed by atoms with Crippen molar-refractivity contribution in [2.75, 3.05) is 5.32 Å². The van der Waals surface area contributed by atoms with Crippen LogP contribution in [0.3, 0.4) is 0 Å². The van der Waals surface area contributed by atoms with Crippen molar-refractivity contribution in [3.8, 4) is 0 Å². The topological polar surface area (TPSA) is 93.5 Å². The van der Waals surface area contributed by atoms with E-state index < -0.39 is 12.1 Å². The molecule has 0 aromatic heterocycles. The first-order valence-corrected chi connectivity index (χ1v) is 10.3. The van der Waals surface area contributed by atoms with Crippen LogP contribution in [-0.2, 0) is 16.1 Å². The van der Waals surface area contributed by atoms with Crippen LogP contribution in [0, 0.1) is 0 Å². The van der Waals surface area contributed by atoms with Crippen molar-refractivity contribution in [3.63, 3.8) is 0 Å². The fraction of sp³-hybridized carbons (Fsp3) is 0.200. The van der Waals surface area contributed by atoms with E-state index in [0.717, 1.165) is 12.0 Å². The maximum atomic E-state index is 13.0. The lowest BCUT2D eigenvalue weighted by molar-refractivity contribution is -0.118. The zero-order valence-electron chi connectivity index (χ0n) is 17.0. The number of hydrogen-bond acceptors (Lipinski definition) is 4. The third-order valence-corrected chi connectivity index (χ3v) is 5.32. The fourth-order valence-electron chi connectivity index (χ4n) is 3.45. The number of alkyl carbamates (subject to hydrolysis) is 1. The normalized spacial score (nSPS) is 18.0. The van der Waals surface area contributed by atoms with Crippen molar-refractivity contribution in [1.82, 2.24) is 5.32 Å². The van der Waals surface area contributed by atoms with Gasteiger partial charge >= 0.3 is 6.09 Å². The smallest absolute Gasteiger partial charge is 0.408 e. The van der Waals surface area contributed by atoms with Crippen LogP contribution in [-0.4, -0.2) is 18.0 Å². The minimum absolute atomic E-state index is 0.126. The standard InChI is InChI=1S/C25H25N3O3/c26-22-15-21(22)18-11-13-20(14-12-18)27-24(29)23(19-9-5-2-6-10-19)28-25(30)31-16-17-7-3-1-4-8-17/h1-14,21-23H,15-16,26H2,(H,27,29)(H,28,30). The Morgan fingerprint density at radius 3 is 2.16 bits per heavy atom. The molecule has 1 fully saturated rings. The van der Waals surface area contributed by atoms with Crippen molar-refractivity contribution in [2.24, 2.45) is 5.73 Å². The van der Waals surface area contributed by atoms with Gasteiger partial charge in [0, 0.05) is 17.6 Å². The van der Waals surface area contributed by atoms with Crippen molar-refractivity contribution < 1.29 is 14.3 Å². The Morgan fingerprint density at radius 1 is 0.935 bits per heavy atom. The van der Waals surface area contributed by atoms with Gasteiger partial charge in [-0.25, -0.2) is 4.79 Å². The number of carbonyl (C=O) groups is 2. The monoisotopic (exact) mass is 415 g/mol. The first kappa shape index (κ1) is 20.6. The molecule has 3 atom stereocenters. The summed E-state index contributed by atoms with van der Waals surface area (Å²) in [5.74, 6) is 0.0570. The quantitative estimate of drug-likeness (QED) is 0.541. The molecule has 3 aromatic rings. The predicted molar refractivity (Wildman–Crippen MR) is 119 cm³/mol. The Labute approximate surface area is 181 Å². The van der Waals surface area contributed by atoms with E-state index in [4.69, 9.17) is 10.5 Å². The predicted octanol–water partition coefficient (Wildman–Crippen LogP) is 4.11. The van der Waals surface area contributed by atoms with Crippen molar-refractivity contribution in [3.05, 3.63) is 102 Å². The van der Waals surface area contributed by atoms with Gasteiger partial charge in [0.05, 0.1) is 0 Å². The number of carbonyl (C=O) groups excluding carboxylic acids is 2. The molecule has 0 spiro atoms. The first-order chi connectivity index (χ1) is 15.1. The Hall–Kier alpha value is -3.64. The van der Waals surface area contributed by atoms with Gasteiger partial charge in [-0.2, -0.15) is 0 Å². The SMILES string of the molecule is NC1CC1c1ccc(NC(=O)C(NC(=O)OCc2ccccc2)c2ccccc2)cc1. The summed E-state index contributed by atoms with van der Waals surface area (Å²) in [6.45, 7) is 0.126. The van der Waals surface area contributed by atoms with Crippen LogP contribution >= 0.6 is 0 Å². The van der Waals surface area contributed by atoms with Crippen molar-refractivity contribution in [2.45, 2.75) is 31.0 Å². The molecule has 2 amide bonds. The highest BCUT2D eigenvalue weighted by Crippen LogP contribution is 2.39.